The van der Waals surface area contributed by atoms with Gasteiger partial charge in [0.1, 0.15) is 11.0 Å². The molecule has 1 fully saturated rings. The summed E-state index contributed by atoms with van der Waals surface area (Å²) < 4.78 is 0. The highest BCUT2D eigenvalue weighted by Gasteiger charge is 2.28. The van der Waals surface area contributed by atoms with Gasteiger partial charge in [0, 0.05) is 11.8 Å². The first-order valence-electron chi connectivity index (χ1n) is 6.04. The Balaban J connectivity index is 1.96. The molecule has 0 atom stereocenters. The van der Waals surface area contributed by atoms with Gasteiger partial charge in [0.25, 0.3) is 0 Å². The van der Waals surface area contributed by atoms with Gasteiger partial charge < -0.3 is 5.32 Å². The molecule has 2 aromatic heterocycles. The van der Waals surface area contributed by atoms with Crippen LogP contribution in [-0.2, 0) is 0 Å². The topological polar surface area (TPSA) is 58.0 Å². The fourth-order valence-electron chi connectivity index (χ4n) is 2.02. The predicted octanol–water partition coefficient (Wildman–Crippen LogP) is 3.94. The number of H-pyrrole nitrogens is 1. The maximum Gasteiger partial charge on any atom is 0.227 e. The number of anilines is 2. The Labute approximate surface area is 115 Å². The van der Waals surface area contributed by atoms with Gasteiger partial charge >= 0.3 is 0 Å². The summed E-state index contributed by atoms with van der Waals surface area (Å²) >= 11 is 6.08. The van der Waals surface area contributed by atoms with Gasteiger partial charge in [-0.3, -0.25) is 5.10 Å². The lowest BCUT2D eigenvalue weighted by molar-refractivity contribution is 1.05. The summed E-state index contributed by atoms with van der Waals surface area (Å²) in [4.78, 5) is 7.70. The van der Waals surface area contributed by atoms with E-state index in [4.69, 9.17) is 18.2 Å². The lowest BCUT2D eigenvalue weighted by Gasteiger charge is -2.08. The molecule has 0 radical (unpaired) electrons. The summed E-state index contributed by atoms with van der Waals surface area (Å²) in [5.41, 5.74) is 2.44. The van der Waals surface area contributed by atoms with Crippen LogP contribution in [0.25, 0.3) is 4.85 Å². The molecule has 6 heteroatoms. The van der Waals surface area contributed by atoms with Gasteiger partial charge in [0.05, 0.1) is 6.57 Å². The minimum atomic E-state index is 0.258. The maximum atomic E-state index is 7.20. The van der Waals surface area contributed by atoms with Crippen molar-refractivity contribution in [2.75, 3.05) is 5.32 Å². The first kappa shape index (κ1) is 12.0. The monoisotopic (exact) mass is 273 g/mol. The zero-order valence-electron chi connectivity index (χ0n) is 10.4. The third-order valence-corrected chi connectivity index (χ3v) is 3.33. The van der Waals surface area contributed by atoms with E-state index in [1.165, 1.54) is 0 Å². The Hall–Kier alpha value is -2.06. The zero-order valence-corrected chi connectivity index (χ0v) is 11.1. The summed E-state index contributed by atoms with van der Waals surface area (Å²) in [6.45, 7) is 9.13. The van der Waals surface area contributed by atoms with Gasteiger partial charge in [-0.25, -0.2) is 9.83 Å². The summed E-state index contributed by atoms with van der Waals surface area (Å²) in [6.07, 6.45) is 2.23. The quantitative estimate of drug-likeness (QED) is 0.658. The Kier molecular flexibility index (Phi) is 2.88. The van der Waals surface area contributed by atoms with E-state index < -0.39 is 0 Å². The number of rotatable bonds is 3. The average molecular weight is 274 g/mol. The van der Waals surface area contributed by atoms with Crippen LogP contribution in [0.5, 0.6) is 0 Å². The van der Waals surface area contributed by atoms with Gasteiger partial charge in [-0.1, -0.05) is 11.6 Å². The number of nitrogens with one attached hydrogen (secondary N) is 2. The highest BCUT2D eigenvalue weighted by atomic mass is 35.5. The molecule has 1 aliphatic rings. The molecule has 1 saturated carbocycles. The van der Waals surface area contributed by atoms with Crippen molar-refractivity contribution in [3.63, 3.8) is 0 Å². The SMILES string of the molecule is [C-]#[N+]c1c(C2CC2)cc(Nc2cc(C)[nH]n2)nc1Cl. The van der Waals surface area contributed by atoms with Gasteiger partial charge in [-0.2, -0.15) is 5.10 Å². The third-order valence-electron chi connectivity index (χ3n) is 3.07. The van der Waals surface area contributed by atoms with Gasteiger partial charge in [0.15, 0.2) is 5.82 Å². The van der Waals surface area contributed by atoms with Crippen LogP contribution >= 0.6 is 11.6 Å². The highest BCUT2D eigenvalue weighted by molar-refractivity contribution is 6.32. The second-order valence-corrected chi connectivity index (χ2v) is 5.04. The van der Waals surface area contributed by atoms with Crippen molar-refractivity contribution >= 4 is 28.9 Å². The van der Waals surface area contributed by atoms with Crippen molar-refractivity contribution in [2.24, 2.45) is 0 Å². The van der Waals surface area contributed by atoms with Gasteiger partial charge in [-0.15, -0.1) is 0 Å². The van der Waals surface area contributed by atoms with E-state index in [-0.39, 0.29) is 5.15 Å². The zero-order chi connectivity index (χ0) is 13.4. The molecule has 0 amide bonds. The van der Waals surface area contributed by atoms with Crippen molar-refractivity contribution in [3.8, 4) is 0 Å². The van der Waals surface area contributed by atoms with E-state index in [1.807, 2.05) is 19.1 Å². The molecule has 19 heavy (non-hydrogen) atoms. The number of pyridine rings is 1. The van der Waals surface area contributed by atoms with E-state index in [0.717, 1.165) is 24.1 Å². The summed E-state index contributed by atoms with van der Waals surface area (Å²) in [6, 6.07) is 3.79. The molecule has 1 aliphatic carbocycles. The summed E-state index contributed by atoms with van der Waals surface area (Å²) in [7, 11) is 0. The molecule has 0 aliphatic heterocycles. The molecular formula is C13H12ClN5. The predicted molar refractivity (Wildman–Crippen MR) is 74.1 cm³/mol. The Bertz CT molecular complexity index is 666. The summed E-state index contributed by atoms with van der Waals surface area (Å²) in [5.74, 6) is 1.77. The first-order valence-corrected chi connectivity index (χ1v) is 6.42. The Morgan fingerprint density at radius 2 is 2.21 bits per heavy atom. The van der Waals surface area contributed by atoms with E-state index in [2.05, 4.69) is 25.3 Å². The van der Waals surface area contributed by atoms with Crippen LogP contribution in [0.4, 0.5) is 17.3 Å². The Morgan fingerprint density at radius 1 is 1.42 bits per heavy atom. The average Bonchev–Trinajstić information content (AvgIpc) is 3.13. The normalized spacial score (nSPS) is 14.2. The van der Waals surface area contributed by atoms with Crippen LogP contribution < -0.4 is 5.32 Å². The largest absolute Gasteiger partial charge is 0.324 e. The van der Waals surface area contributed by atoms with Crippen molar-refractivity contribution in [3.05, 3.63) is 40.0 Å². The maximum absolute atomic E-state index is 7.20. The second-order valence-electron chi connectivity index (χ2n) is 4.68. The van der Waals surface area contributed by atoms with Crippen molar-refractivity contribution < 1.29 is 0 Å². The van der Waals surface area contributed by atoms with Gasteiger partial charge in [0.2, 0.25) is 5.69 Å². The summed E-state index contributed by atoms with van der Waals surface area (Å²) in [5, 5.41) is 10.3. The fraction of sp³-hybridized carbons (Fsp3) is 0.308. The molecule has 3 rings (SSSR count). The minimum Gasteiger partial charge on any atom is -0.324 e. The molecule has 2 heterocycles. The van der Waals surface area contributed by atoms with Crippen molar-refractivity contribution in [2.45, 2.75) is 25.7 Å². The van der Waals surface area contributed by atoms with Crippen LogP contribution in [0.15, 0.2) is 12.1 Å². The number of nitrogens with zero attached hydrogens (tertiary/aromatic N) is 3. The molecule has 2 N–H and O–H groups in total. The lowest BCUT2D eigenvalue weighted by Crippen LogP contribution is -1.96. The smallest absolute Gasteiger partial charge is 0.227 e. The molecule has 0 unspecified atom stereocenters. The molecule has 0 saturated heterocycles. The molecule has 0 bridgehead atoms. The number of hydrogen-bond donors (Lipinski definition) is 2. The van der Waals surface area contributed by atoms with Crippen LogP contribution in [0.3, 0.4) is 0 Å². The van der Waals surface area contributed by atoms with Crippen LogP contribution in [0.1, 0.15) is 30.0 Å². The number of aryl methyl sites for hydroxylation is 1. The Morgan fingerprint density at radius 3 is 2.79 bits per heavy atom. The van der Waals surface area contributed by atoms with Crippen LogP contribution in [-0.4, -0.2) is 15.2 Å². The van der Waals surface area contributed by atoms with E-state index >= 15 is 0 Å². The van der Waals surface area contributed by atoms with E-state index in [9.17, 15) is 0 Å². The fourth-order valence-corrected chi connectivity index (χ4v) is 2.26. The second kappa shape index (κ2) is 4.56. The molecule has 0 spiro atoms. The van der Waals surface area contributed by atoms with E-state index in [0.29, 0.717) is 23.2 Å². The molecule has 2 aromatic rings. The standard InChI is InChI=1S/C13H12ClN5/c1-7-5-11(19-18-7)16-10-6-9(8-3-4-8)12(15-2)13(14)17-10/h5-6,8H,3-4H2,1H3,(H2,16,17,18,19). The van der Waals surface area contributed by atoms with E-state index in [1.54, 1.807) is 0 Å². The molecule has 5 nitrogen and oxygen atoms in total. The minimum absolute atomic E-state index is 0.258. The first-order chi connectivity index (χ1) is 9.17. The number of hydrogen-bond acceptors (Lipinski definition) is 3. The number of aromatic amines is 1. The highest BCUT2D eigenvalue weighted by Crippen LogP contribution is 2.47. The van der Waals surface area contributed by atoms with Crippen molar-refractivity contribution in [1.82, 2.24) is 15.2 Å². The molecule has 0 aromatic carbocycles. The van der Waals surface area contributed by atoms with Crippen LogP contribution in [0.2, 0.25) is 5.15 Å². The van der Waals surface area contributed by atoms with Gasteiger partial charge in [-0.05, 0) is 37.3 Å². The molecule has 96 valence electrons. The lowest BCUT2D eigenvalue weighted by atomic mass is 10.1. The molecular weight excluding hydrogens is 262 g/mol. The number of aromatic nitrogens is 3. The number of halogens is 1. The van der Waals surface area contributed by atoms with Crippen LogP contribution in [0, 0.1) is 13.5 Å². The third kappa shape index (κ3) is 2.40. The van der Waals surface area contributed by atoms with Crippen molar-refractivity contribution in [1.29, 1.82) is 0 Å².